The average molecular weight is 288 g/mol. The van der Waals surface area contributed by atoms with Crippen LogP contribution in [0.3, 0.4) is 0 Å². The molecule has 2 N–H and O–H groups in total. The molecule has 1 atom stereocenters. The van der Waals surface area contributed by atoms with Gasteiger partial charge in [0.15, 0.2) is 5.58 Å². The molecule has 1 aliphatic carbocycles. The van der Waals surface area contributed by atoms with Gasteiger partial charge in [0.2, 0.25) is 0 Å². The van der Waals surface area contributed by atoms with Gasteiger partial charge in [0.1, 0.15) is 0 Å². The van der Waals surface area contributed by atoms with Crippen molar-refractivity contribution in [3.8, 4) is 0 Å². The summed E-state index contributed by atoms with van der Waals surface area (Å²) in [6.07, 6.45) is 8.02. The summed E-state index contributed by atoms with van der Waals surface area (Å²) in [6.45, 7) is 3.09. The first-order chi connectivity index (χ1) is 10.3. The topological polar surface area (TPSA) is 58.0 Å². The number of hydrogen-bond donors (Lipinski definition) is 2. The van der Waals surface area contributed by atoms with Crippen molar-refractivity contribution < 1.29 is 4.42 Å². The minimum atomic E-state index is -0.381. The molecule has 2 aromatic rings. The number of oxazole rings is 1. The first kappa shape index (κ1) is 14.4. The maximum absolute atomic E-state index is 11.3. The highest BCUT2D eigenvalue weighted by atomic mass is 16.4. The quantitative estimate of drug-likeness (QED) is 0.851. The molecule has 0 bridgehead atoms. The second kappa shape index (κ2) is 6.48. The summed E-state index contributed by atoms with van der Waals surface area (Å²) in [4.78, 5) is 13.9. The molecule has 1 unspecified atom stereocenters. The van der Waals surface area contributed by atoms with Gasteiger partial charge in [-0.2, -0.15) is 0 Å². The molecule has 1 saturated carbocycles. The fourth-order valence-electron chi connectivity index (χ4n) is 3.51. The Labute approximate surface area is 124 Å². The van der Waals surface area contributed by atoms with E-state index in [-0.39, 0.29) is 5.76 Å². The van der Waals surface area contributed by atoms with Crippen LogP contribution in [0.5, 0.6) is 0 Å². The monoisotopic (exact) mass is 288 g/mol. The summed E-state index contributed by atoms with van der Waals surface area (Å²) < 4.78 is 5.18. The van der Waals surface area contributed by atoms with Crippen molar-refractivity contribution in [3.63, 3.8) is 0 Å². The van der Waals surface area contributed by atoms with Crippen molar-refractivity contribution in [2.45, 2.75) is 51.5 Å². The number of benzene rings is 1. The van der Waals surface area contributed by atoms with Gasteiger partial charge in [-0.25, -0.2) is 4.79 Å². The Bertz CT molecular complexity index is 638. The number of H-pyrrole nitrogens is 1. The van der Waals surface area contributed by atoms with Crippen LogP contribution in [-0.2, 0) is 0 Å². The van der Waals surface area contributed by atoms with Crippen LogP contribution < -0.4 is 11.1 Å². The second-order valence-corrected chi connectivity index (χ2v) is 6.11. The lowest BCUT2D eigenvalue weighted by atomic mass is 9.94. The van der Waals surface area contributed by atoms with Crippen molar-refractivity contribution in [2.75, 3.05) is 6.54 Å². The largest absolute Gasteiger partial charge is 0.417 e. The molecular formula is C17H24N2O2. The van der Waals surface area contributed by atoms with E-state index < -0.39 is 0 Å². The molecule has 4 heteroatoms. The Morgan fingerprint density at radius 3 is 2.95 bits per heavy atom. The number of hydrogen-bond acceptors (Lipinski definition) is 3. The Balaban J connectivity index is 1.75. The zero-order chi connectivity index (χ0) is 14.7. The van der Waals surface area contributed by atoms with E-state index in [2.05, 4.69) is 23.3 Å². The maximum Gasteiger partial charge on any atom is 0.417 e. The molecule has 1 aliphatic rings. The number of rotatable bonds is 6. The lowest BCUT2D eigenvalue weighted by Gasteiger charge is -2.20. The molecule has 3 rings (SSSR count). The predicted octanol–water partition coefficient (Wildman–Crippen LogP) is 3.74. The molecule has 0 radical (unpaired) electrons. The average Bonchev–Trinajstić information content (AvgIpc) is 3.10. The summed E-state index contributed by atoms with van der Waals surface area (Å²) in [5, 5.41) is 3.56. The van der Waals surface area contributed by atoms with Gasteiger partial charge in [-0.1, -0.05) is 38.7 Å². The SMILES string of the molecule is CCNC(CCC1CCCC1)c1ccc2[nH]c(=O)oc2c1. The Morgan fingerprint density at radius 2 is 2.19 bits per heavy atom. The minimum Gasteiger partial charge on any atom is -0.408 e. The molecule has 4 nitrogen and oxygen atoms in total. The molecule has 0 amide bonds. The Morgan fingerprint density at radius 1 is 1.38 bits per heavy atom. The summed E-state index contributed by atoms with van der Waals surface area (Å²) in [5.41, 5.74) is 2.64. The van der Waals surface area contributed by atoms with Crippen LogP contribution in [0.1, 0.15) is 57.1 Å². The van der Waals surface area contributed by atoms with Crippen LogP contribution in [0.2, 0.25) is 0 Å². The van der Waals surface area contributed by atoms with Gasteiger partial charge in [0.25, 0.3) is 0 Å². The summed E-state index contributed by atoms with van der Waals surface area (Å²) in [5.74, 6) is 0.521. The molecule has 1 aromatic heterocycles. The molecule has 0 spiro atoms. The van der Waals surface area contributed by atoms with Crippen LogP contribution in [0.15, 0.2) is 27.4 Å². The molecule has 1 fully saturated rings. The number of nitrogens with one attached hydrogen (secondary N) is 2. The summed E-state index contributed by atoms with van der Waals surface area (Å²) >= 11 is 0. The van der Waals surface area contributed by atoms with Gasteiger partial charge in [-0.15, -0.1) is 0 Å². The summed E-state index contributed by atoms with van der Waals surface area (Å²) in [6, 6.07) is 6.38. The molecule has 21 heavy (non-hydrogen) atoms. The fraction of sp³-hybridized carbons (Fsp3) is 0.588. The number of aromatic amines is 1. The van der Waals surface area contributed by atoms with Crippen LogP contribution >= 0.6 is 0 Å². The predicted molar refractivity (Wildman–Crippen MR) is 84.4 cm³/mol. The number of aromatic nitrogens is 1. The summed E-state index contributed by atoms with van der Waals surface area (Å²) in [7, 11) is 0. The lowest BCUT2D eigenvalue weighted by Crippen LogP contribution is -2.21. The van der Waals surface area contributed by atoms with Gasteiger partial charge < -0.3 is 9.73 Å². The van der Waals surface area contributed by atoms with Crippen molar-refractivity contribution >= 4 is 11.1 Å². The zero-order valence-corrected chi connectivity index (χ0v) is 12.7. The molecule has 0 saturated heterocycles. The fourth-order valence-corrected chi connectivity index (χ4v) is 3.51. The smallest absolute Gasteiger partial charge is 0.408 e. The van der Waals surface area contributed by atoms with Gasteiger partial charge >= 0.3 is 5.76 Å². The van der Waals surface area contributed by atoms with E-state index in [1.165, 1.54) is 37.7 Å². The molecular weight excluding hydrogens is 264 g/mol. The molecule has 114 valence electrons. The molecule has 1 heterocycles. The van der Waals surface area contributed by atoms with E-state index in [9.17, 15) is 4.79 Å². The number of fused-ring (bicyclic) bond motifs is 1. The van der Waals surface area contributed by atoms with E-state index in [1.54, 1.807) is 0 Å². The lowest BCUT2D eigenvalue weighted by molar-refractivity contribution is 0.416. The van der Waals surface area contributed by atoms with Crippen LogP contribution in [0.25, 0.3) is 11.1 Å². The van der Waals surface area contributed by atoms with Crippen molar-refractivity contribution in [2.24, 2.45) is 5.92 Å². The standard InChI is InChI=1S/C17H24N2O2/c1-2-18-14(9-7-12-5-3-4-6-12)13-8-10-15-16(11-13)21-17(20)19-15/h8,10-12,14,18H,2-7,9H2,1H3,(H,19,20). The highest BCUT2D eigenvalue weighted by Crippen LogP contribution is 2.32. The van der Waals surface area contributed by atoms with Gasteiger partial charge in [-0.05, 0) is 43.0 Å². The maximum atomic E-state index is 11.3. The van der Waals surface area contributed by atoms with Gasteiger partial charge in [0.05, 0.1) is 5.52 Å². The van der Waals surface area contributed by atoms with E-state index in [0.717, 1.165) is 24.4 Å². The van der Waals surface area contributed by atoms with Crippen molar-refractivity contribution in [3.05, 3.63) is 34.3 Å². The highest BCUT2D eigenvalue weighted by Gasteiger charge is 2.18. The van der Waals surface area contributed by atoms with E-state index in [1.807, 2.05) is 12.1 Å². The van der Waals surface area contributed by atoms with Crippen LogP contribution in [0, 0.1) is 5.92 Å². The Kier molecular flexibility index (Phi) is 4.44. The van der Waals surface area contributed by atoms with Crippen LogP contribution in [0.4, 0.5) is 0 Å². The minimum absolute atomic E-state index is 0.347. The molecule has 1 aromatic carbocycles. The first-order valence-electron chi connectivity index (χ1n) is 8.12. The third kappa shape index (κ3) is 3.38. The Hall–Kier alpha value is -1.55. The van der Waals surface area contributed by atoms with E-state index in [0.29, 0.717) is 11.6 Å². The van der Waals surface area contributed by atoms with E-state index in [4.69, 9.17) is 4.42 Å². The third-order valence-electron chi connectivity index (χ3n) is 4.64. The van der Waals surface area contributed by atoms with Crippen LogP contribution in [-0.4, -0.2) is 11.5 Å². The third-order valence-corrected chi connectivity index (χ3v) is 4.64. The zero-order valence-electron chi connectivity index (χ0n) is 12.7. The first-order valence-corrected chi connectivity index (χ1v) is 8.12. The van der Waals surface area contributed by atoms with Crippen molar-refractivity contribution in [1.82, 2.24) is 10.3 Å². The highest BCUT2D eigenvalue weighted by molar-refractivity contribution is 5.72. The van der Waals surface area contributed by atoms with E-state index >= 15 is 0 Å². The van der Waals surface area contributed by atoms with Gasteiger partial charge in [0, 0.05) is 6.04 Å². The normalized spacial score (nSPS) is 17.6. The molecule has 0 aliphatic heterocycles. The van der Waals surface area contributed by atoms with Crippen molar-refractivity contribution in [1.29, 1.82) is 0 Å². The second-order valence-electron chi connectivity index (χ2n) is 6.11. The van der Waals surface area contributed by atoms with Gasteiger partial charge in [-0.3, -0.25) is 4.98 Å².